The van der Waals surface area contributed by atoms with Crippen LogP contribution in [0.15, 0.2) is 12.1 Å². The van der Waals surface area contributed by atoms with E-state index in [1.54, 1.807) is 0 Å². The summed E-state index contributed by atoms with van der Waals surface area (Å²) in [5, 5.41) is 22.5. The quantitative estimate of drug-likeness (QED) is 0.930. The molecule has 4 unspecified atom stereocenters. The first kappa shape index (κ1) is 14.4. The summed E-state index contributed by atoms with van der Waals surface area (Å²) in [7, 11) is 0. The van der Waals surface area contributed by atoms with Gasteiger partial charge in [0.25, 0.3) is 0 Å². The van der Waals surface area contributed by atoms with Gasteiger partial charge in [0.15, 0.2) is 11.5 Å². The number of piperidine rings is 1. The molecule has 0 spiro atoms. The number of fused-ring (bicyclic) bond motifs is 1. The minimum absolute atomic E-state index is 0.333. The molecule has 0 aromatic carbocycles. The highest BCUT2D eigenvalue weighted by Crippen LogP contribution is 2.45. The summed E-state index contributed by atoms with van der Waals surface area (Å²) < 4.78 is 1.83. The SMILES string of the molecule is CC1CC(C(=O)O)CN(c2ccc3nnc(C4CC4C)n3n2)C1. The Morgan fingerprint density at radius 2 is 2.00 bits per heavy atom. The predicted molar refractivity (Wildman–Crippen MR) is 84.4 cm³/mol. The number of carbonyl (C=O) groups is 1. The molecule has 4 rings (SSSR count). The highest BCUT2D eigenvalue weighted by atomic mass is 16.4. The van der Waals surface area contributed by atoms with Crippen LogP contribution in [-0.4, -0.2) is 44.0 Å². The van der Waals surface area contributed by atoms with Crippen molar-refractivity contribution in [3.8, 4) is 0 Å². The molecule has 122 valence electrons. The van der Waals surface area contributed by atoms with Crippen molar-refractivity contribution in [1.82, 2.24) is 19.8 Å². The molecule has 2 aromatic rings. The van der Waals surface area contributed by atoms with Crippen molar-refractivity contribution in [2.75, 3.05) is 18.0 Å². The van der Waals surface area contributed by atoms with Gasteiger partial charge in [-0.05, 0) is 36.8 Å². The van der Waals surface area contributed by atoms with E-state index in [-0.39, 0.29) is 5.92 Å². The number of aromatic nitrogens is 4. The molecular formula is C16H21N5O2. The molecule has 1 aliphatic heterocycles. The van der Waals surface area contributed by atoms with Gasteiger partial charge >= 0.3 is 5.97 Å². The molecule has 1 aliphatic carbocycles. The van der Waals surface area contributed by atoms with Crippen molar-refractivity contribution in [2.45, 2.75) is 32.6 Å². The van der Waals surface area contributed by atoms with Crippen molar-refractivity contribution >= 4 is 17.4 Å². The fourth-order valence-corrected chi connectivity index (χ4v) is 3.60. The van der Waals surface area contributed by atoms with Crippen LogP contribution in [0, 0.1) is 17.8 Å². The zero-order valence-corrected chi connectivity index (χ0v) is 13.4. The molecular weight excluding hydrogens is 294 g/mol. The number of anilines is 1. The second kappa shape index (κ2) is 5.18. The minimum Gasteiger partial charge on any atom is -0.481 e. The van der Waals surface area contributed by atoms with Crippen LogP contribution in [0.1, 0.15) is 38.4 Å². The van der Waals surface area contributed by atoms with Gasteiger partial charge in [-0.3, -0.25) is 4.79 Å². The van der Waals surface area contributed by atoms with Gasteiger partial charge in [0.05, 0.1) is 5.92 Å². The van der Waals surface area contributed by atoms with E-state index in [0.717, 1.165) is 36.7 Å². The van der Waals surface area contributed by atoms with Crippen LogP contribution in [0.2, 0.25) is 0 Å². The fourth-order valence-electron chi connectivity index (χ4n) is 3.60. The van der Waals surface area contributed by atoms with Crippen molar-refractivity contribution < 1.29 is 9.90 Å². The zero-order valence-electron chi connectivity index (χ0n) is 13.4. The molecule has 1 saturated heterocycles. The topological polar surface area (TPSA) is 83.6 Å². The highest BCUT2D eigenvalue weighted by molar-refractivity contribution is 5.71. The summed E-state index contributed by atoms with van der Waals surface area (Å²) in [5.41, 5.74) is 0.752. The largest absolute Gasteiger partial charge is 0.481 e. The highest BCUT2D eigenvalue weighted by Gasteiger charge is 2.38. The van der Waals surface area contributed by atoms with Gasteiger partial charge in [0.2, 0.25) is 0 Å². The molecule has 4 atom stereocenters. The zero-order chi connectivity index (χ0) is 16.1. The third-order valence-electron chi connectivity index (χ3n) is 5.05. The average molecular weight is 315 g/mol. The Kier molecular flexibility index (Phi) is 3.25. The number of hydrogen-bond donors (Lipinski definition) is 1. The summed E-state index contributed by atoms with van der Waals surface area (Å²) in [5.74, 6) is 2.10. The molecule has 0 radical (unpaired) electrons. The standard InChI is InChI=1S/C16H21N5O2/c1-9-5-11(16(22)23)8-20(7-9)14-4-3-13-17-18-15(21(13)19-14)12-6-10(12)2/h3-4,9-12H,5-8H2,1-2H3,(H,22,23). The van der Waals surface area contributed by atoms with Gasteiger partial charge in [0, 0.05) is 19.0 Å². The minimum atomic E-state index is -0.723. The van der Waals surface area contributed by atoms with E-state index in [1.165, 1.54) is 0 Å². The van der Waals surface area contributed by atoms with Crippen LogP contribution in [0.5, 0.6) is 0 Å². The average Bonchev–Trinajstić information content (AvgIpc) is 3.09. The Labute approximate surface area is 134 Å². The van der Waals surface area contributed by atoms with E-state index in [4.69, 9.17) is 5.10 Å². The molecule has 23 heavy (non-hydrogen) atoms. The summed E-state index contributed by atoms with van der Waals surface area (Å²) in [6, 6.07) is 3.84. The van der Waals surface area contributed by atoms with Gasteiger partial charge in [-0.2, -0.15) is 4.52 Å². The third-order valence-corrected chi connectivity index (χ3v) is 5.05. The van der Waals surface area contributed by atoms with E-state index >= 15 is 0 Å². The third kappa shape index (κ3) is 2.54. The van der Waals surface area contributed by atoms with Gasteiger partial charge in [-0.15, -0.1) is 15.3 Å². The molecule has 2 fully saturated rings. The smallest absolute Gasteiger partial charge is 0.308 e. The lowest BCUT2D eigenvalue weighted by atomic mass is 9.90. The van der Waals surface area contributed by atoms with Crippen LogP contribution in [-0.2, 0) is 4.79 Å². The first-order chi connectivity index (χ1) is 11.0. The van der Waals surface area contributed by atoms with Gasteiger partial charge in [-0.25, -0.2) is 0 Å². The summed E-state index contributed by atoms with van der Waals surface area (Å²) in [4.78, 5) is 13.4. The Morgan fingerprint density at radius 1 is 1.22 bits per heavy atom. The molecule has 7 heteroatoms. The van der Waals surface area contributed by atoms with Crippen molar-refractivity contribution in [1.29, 1.82) is 0 Å². The van der Waals surface area contributed by atoms with Crippen molar-refractivity contribution in [2.24, 2.45) is 17.8 Å². The van der Waals surface area contributed by atoms with Crippen LogP contribution >= 0.6 is 0 Å². The molecule has 1 N–H and O–H groups in total. The Balaban J connectivity index is 1.66. The Morgan fingerprint density at radius 3 is 2.70 bits per heavy atom. The lowest BCUT2D eigenvalue weighted by Crippen LogP contribution is -2.43. The van der Waals surface area contributed by atoms with E-state index < -0.39 is 5.97 Å². The van der Waals surface area contributed by atoms with Gasteiger partial charge in [0.1, 0.15) is 5.82 Å². The number of carboxylic acid groups (broad SMARTS) is 1. The lowest BCUT2D eigenvalue weighted by molar-refractivity contribution is -0.142. The Hall–Kier alpha value is -2.18. The summed E-state index contributed by atoms with van der Waals surface area (Å²) in [6.45, 7) is 5.64. The number of hydrogen-bond acceptors (Lipinski definition) is 5. The van der Waals surface area contributed by atoms with Crippen LogP contribution in [0.3, 0.4) is 0 Å². The number of aliphatic carboxylic acids is 1. The normalized spacial score (nSPS) is 30.6. The molecule has 0 amide bonds. The summed E-state index contributed by atoms with van der Waals surface area (Å²) in [6.07, 6.45) is 1.86. The first-order valence-electron chi connectivity index (χ1n) is 8.23. The predicted octanol–water partition coefficient (Wildman–Crippen LogP) is 1.79. The van der Waals surface area contributed by atoms with Crippen LogP contribution in [0.4, 0.5) is 5.82 Å². The Bertz CT molecular complexity index is 758. The van der Waals surface area contributed by atoms with Crippen molar-refractivity contribution in [3.63, 3.8) is 0 Å². The molecule has 2 aromatic heterocycles. The van der Waals surface area contributed by atoms with E-state index in [9.17, 15) is 9.90 Å². The van der Waals surface area contributed by atoms with Crippen LogP contribution in [0.25, 0.3) is 5.65 Å². The second-order valence-corrected chi connectivity index (χ2v) is 7.12. The van der Waals surface area contributed by atoms with Crippen LogP contribution < -0.4 is 4.90 Å². The van der Waals surface area contributed by atoms with Crippen molar-refractivity contribution in [3.05, 3.63) is 18.0 Å². The monoisotopic (exact) mass is 315 g/mol. The number of rotatable bonds is 3. The summed E-state index contributed by atoms with van der Waals surface area (Å²) >= 11 is 0. The molecule has 1 saturated carbocycles. The first-order valence-corrected chi connectivity index (χ1v) is 8.23. The molecule has 2 aliphatic rings. The second-order valence-electron chi connectivity index (χ2n) is 7.12. The number of nitrogens with zero attached hydrogens (tertiary/aromatic N) is 5. The molecule has 7 nitrogen and oxygen atoms in total. The van der Waals surface area contributed by atoms with Gasteiger partial charge in [-0.1, -0.05) is 13.8 Å². The number of carboxylic acids is 1. The molecule has 3 heterocycles. The van der Waals surface area contributed by atoms with E-state index in [1.807, 2.05) is 16.6 Å². The van der Waals surface area contributed by atoms with E-state index in [0.29, 0.717) is 24.3 Å². The van der Waals surface area contributed by atoms with Gasteiger partial charge < -0.3 is 10.0 Å². The fraction of sp³-hybridized carbons (Fsp3) is 0.625. The maximum Gasteiger partial charge on any atom is 0.308 e. The van der Waals surface area contributed by atoms with E-state index in [2.05, 4.69) is 28.9 Å². The lowest BCUT2D eigenvalue weighted by Gasteiger charge is -2.35. The maximum atomic E-state index is 11.4. The maximum absolute atomic E-state index is 11.4. The molecule has 0 bridgehead atoms.